The Morgan fingerprint density at radius 3 is 2.88 bits per heavy atom. The highest BCUT2D eigenvalue weighted by atomic mass is 35.5. The van der Waals surface area contributed by atoms with Gasteiger partial charge in [-0.3, -0.25) is 4.79 Å². The van der Waals surface area contributed by atoms with E-state index < -0.39 is 0 Å². The number of carbonyl (C=O) groups is 1. The molecule has 2 rings (SSSR count). The van der Waals surface area contributed by atoms with Gasteiger partial charge in [-0.25, -0.2) is 0 Å². The highest BCUT2D eigenvalue weighted by Crippen LogP contribution is 2.23. The Labute approximate surface area is 107 Å². The largest absolute Gasteiger partial charge is 0.469 e. The molecule has 0 bridgehead atoms. The second kappa shape index (κ2) is 5.58. The third kappa shape index (κ3) is 3.03. The maximum atomic E-state index is 12.0. The van der Waals surface area contributed by atoms with Crippen LogP contribution in [0.1, 0.15) is 48.2 Å². The number of carbonyl (C=O) groups excluding carboxylic acids is 1. The second-order valence-electron chi connectivity index (χ2n) is 4.62. The Balaban J connectivity index is 2.00. The molecule has 1 heterocycles. The molecule has 1 amide bonds. The van der Waals surface area contributed by atoms with Crippen LogP contribution < -0.4 is 5.32 Å². The zero-order chi connectivity index (χ0) is 12.3. The van der Waals surface area contributed by atoms with Crippen LogP contribution in [0.15, 0.2) is 16.7 Å². The van der Waals surface area contributed by atoms with Crippen LogP contribution in [0.5, 0.6) is 0 Å². The fraction of sp³-hybridized carbons (Fsp3) is 0.615. The van der Waals surface area contributed by atoms with Crippen LogP contribution in [0, 0.1) is 6.92 Å². The van der Waals surface area contributed by atoms with Crippen LogP contribution >= 0.6 is 11.6 Å². The second-order valence-corrected chi connectivity index (χ2v) is 5.19. The van der Waals surface area contributed by atoms with Crippen LogP contribution in [0.4, 0.5) is 0 Å². The van der Waals surface area contributed by atoms with E-state index >= 15 is 0 Å². The number of halogens is 1. The molecule has 1 aromatic heterocycles. The minimum atomic E-state index is -0.0752. The lowest BCUT2D eigenvalue weighted by Crippen LogP contribution is -2.40. The van der Waals surface area contributed by atoms with Crippen molar-refractivity contribution < 1.29 is 9.21 Å². The summed E-state index contributed by atoms with van der Waals surface area (Å²) < 4.78 is 5.13. The van der Waals surface area contributed by atoms with Crippen molar-refractivity contribution in [3.8, 4) is 0 Å². The molecule has 1 aliphatic carbocycles. The molecule has 4 heteroatoms. The Hall–Kier alpha value is -0.960. The van der Waals surface area contributed by atoms with Gasteiger partial charge in [-0.1, -0.05) is 19.3 Å². The zero-order valence-electron chi connectivity index (χ0n) is 10.0. The fourth-order valence-electron chi connectivity index (χ4n) is 2.29. The Bertz CT molecular complexity index is 389. The van der Waals surface area contributed by atoms with Crippen molar-refractivity contribution in [2.75, 3.05) is 0 Å². The minimum Gasteiger partial charge on any atom is -0.469 e. The van der Waals surface area contributed by atoms with Gasteiger partial charge in [0.25, 0.3) is 5.91 Å². The number of nitrogens with one attached hydrogen (secondary N) is 1. The molecule has 1 saturated carbocycles. The first-order valence-corrected chi connectivity index (χ1v) is 6.61. The molecule has 94 valence electrons. The van der Waals surface area contributed by atoms with E-state index in [1.165, 1.54) is 12.7 Å². The zero-order valence-corrected chi connectivity index (χ0v) is 10.8. The van der Waals surface area contributed by atoms with Crippen LogP contribution in [0.25, 0.3) is 0 Å². The quantitative estimate of drug-likeness (QED) is 0.651. The first-order valence-electron chi connectivity index (χ1n) is 6.17. The normalized spacial score (nSPS) is 25.3. The molecule has 1 fully saturated rings. The predicted molar refractivity (Wildman–Crippen MR) is 67.4 cm³/mol. The Kier molecular flexibility index (Phi) is 4.11. The van der Waals surface area contributed by atoms with Crippen LogP contribution in [-0.2, 0) is 0 Å². The van der Waals surface area contributed by atoms with Crippen molar-refractivity contribution >= 4 is 17.5 Å². The van der Waals surface area contributed by atoms with E-state index in [-0.39, 0.29) is 17.3 Å². The molecular formula is C13H18ClNO2. The molecule has 17 heavy (non-hydrogen) atoms. The van der Waals surface area contributed by atoms with Crippen LogP contribution in [0.2, 0.25) is 0 Å². The number of rotatable bonds is 2. The summed E-state index contributed by atoms with van der Waals surface area (Å²) in [7, 11) is 0. The Morgan fingerprint density at radius 2 is 2.18 bits per heavy atom. The standard InChI is InChI=1S/C13H18ClNO2/c1-9-10(7-8-17-9)13(16)15-12-6-4-2-3-5-11(12)14/h7-8,11-12H,2-6H2,1H3,(H,15,16). The third-order valence-corrected chi connectivity index (χ3v) is 3.87. The number of aryl methyl sites for hydroxylation is 1. The summed E-state index contributed by atoms with van der Waals surface area (Å²) >= 11 is 6.29. The molecule has 3 nitrogen and oxygen atoms in total. The van der Waals surface area contributed by atoms with Crippen LogP contribution in [0.3, 0.4) is 0 Å². The predicted octanol–water partition coefficient (Wildman–Crippen LogP) is 3.26. The number of amides is 1. The molecule has 1 N–H and O–H groups in total. The summed E-state index contributed by atoms with van der Waals surface area (Å²) in [6.45, 7) is 1.79. The van der Waals surface area contributed by atoms with Gasteiger partial charge in [0.2, 0.25) is 0 Å². The van der Waals surface area contributed by atoms with Crippen molar-refractivity contribution in [1.82, 2.24) is 5.32 Å². The lowest BCUT2D eigenvalue weighted by atomic mass is 10.1. The maximum Gasteiger partial charge on any atom is 0.255 e. The van der Waals surface area contributed by atoms with Crippen molar-refractivity contribution in [3.63, 3.8) is 0 Å². The molecule has 1 aromatic rings. The van der Waals surface area contributed by atoms with Gasteiger partial charge in [-0.05, 0) is 25.8 Å². The van der Waals surface area contributed by atoms with E-state index in [0.717, 1.165) is 25.7 Å². The number of hydrogen-bond acceptors (Lipinski definition) is 2. The summed E-state index contributed by atoms with van der Waals surface area (Å²) in [5, 5.41) is 3.07. The molecular weight excluding hydrogens is 238 g/mol. The molecule has 1 aliphatic rings. The first kappa shape index (κ1) is 12.5. The van der Waals surface area contributed by atoms with E-state index in [4.69, 9.17) is 16.0 Å². The lowest BCUT2D eigenvalue weighted by Gasteiger charge is -2.20. The number of alkyl halides is 1. The summed E-state index contributed by atoms with van der Waals surface area (Å²) in [4.78, 5) is 12.0. The summed E-state index contributed by atoms with van der Waals surface area (Å²) in [6.07, 6.45) is 6.99. The van der Waals surface area contributed by atoms with Crippen LogP contribution in [-0.4, -0.2) is 17.3 Å². The summed E-state index contributed by atoms with van der Waals surface area (Å²) in [5.41, 5.74) is 0.609. The molecule has 2 atom stereocenters. The van der Waals surface area contributed by atoms with Gasteiger partial charge in [0.15, 0.2) is 0 Å². The molecule has 2 unspecified atom stereocenters. The average molecular weight is 256 g/mol. The van der Waals surface area contributed by atoms with Crippen molar-refractivity contribution in [1.29, 1.82) is 0 Å². The molecule has 0 saturated heterocycles. The minimum absolute atomic E-state index is 0.0497. The third-order valence-electron chi connectivity index (χ3n) is 3.35. The summed E-state index contributed by atoms with van der Waals surface area (Å²) in [6, 6.07) is 1.78. The van der Waals surface area contributed by atoms with E-state index in [1.807, 2.05) is 0 Å². The molecule has 0 aliphatic heterocycles. The molecule has 0 radical (unpaired) electrons. The molecule has 0 aromatic carbocycles. The van der Waals surface area contributed by atoms with Gasteiger partial charge in [0.1, 0.15) is 5.76 Å². The van der Waals surface area contributed by atoms with Gasteiger partial charge >= 0.3 is 0 Å². The van der Waals surface area contributed by atoms with Gasteiger partial charge in [-0.2, -0.15) is 0 Å². The SMILES string of the molecule is Cc1occc1C(=O)NC1CCCCCC1Cl. The van der Waals surface area contributed by atoms with E-state index in [9.17, 15) is 4.79 Å². The van der Waals surface area contributed by atoms with Crippen molar-refractivity contribution in [2.24, 2.45) is 0 Å². The van der Waals surface area contributed by atoms with E-state index in [1.54, 1.807) is 13.0 Å². The van der Waals surface area contributed by atoms with Gasteiger partial charge < -0.3 is 9.73 Å². The lowest BCUT2D eigenvalue weighted by molar-refractivity contribution is 0.0932. The van der Waals surface area contributed by atoms with Gasteiger partial charge in [-0.15, -0.1) is 11.6 Å². The van der Waals surface area contributed by atoms with E-state index in [2.05, 4.69) is 5.32 Å². The molecule has 0 spiro atoms. The number of hydrogen-bond donors (Lipinski definition) is 1. The topological polar surface area (TPSA) is 42.2 Å². The Morgan fingerprint density at radius 1 is 1.41 bits per heavy atom. The van der Waals surface area contributed by atoms with Gasteiger partial charge in [0, 0.05) is 6.04 Å². The summed E-state index contributed by atoms with van der Waals surface area (Å²) in [5.74, 6) is 0.580. The first-order chi connectivity index (χ1) is 8.18. The highest BCUT2D eigenvalue weighted by molar-refractivity contribution is 6.21. The maximum absolute atomic E-state index is 12.0. The fourth-order valence-corrected chi connectivity index (χ4v) is 2.63. The van der Waals surface area contributed by atoms with Crippen molar-refractivity contribution in [3.05, 3.63) is 23.7 Å². The monoisotopic (exact) mass is 255 g/mol. The highest BCUT2D eigenvalue weighted by Gasteiger charge is 2.24. The van der Waals surface area contributed by atoms with Gasteiger partial charge in [0.05, 0.1) is 17.2 Å². The number of furan rings is 1. The smallest absolute Gasteiger partial charge is 0.255 e. The van der Waals surface area contributed by atoms with Crippen molar-refractivity contribution in [2.45, 2.75) is 50.4 Å². The van der Waals surface area contributed by atoms with E-state index in [0.29, 0.717) is 11.3 Å². The average Bonchev–Trinajstić information content (AvgIpc) is 2.63.